The molecule has 5 heteroatoms. The number of aromatic nitrogens is 1. The number of carbonyl (C=O) groups excluding carboxylic acids is 1. The zero-order valence-corrected chi connectivity index (χ0v) is 11.6. The molecule has 1 amide bonds. The van der Waals surface area contributed by atoms with E-state index in [1.807, 2.05) is 38.1 Å². The van der Waals surface area contributed by atoms with E-state index < -0.39 is 0 Å². The van der Waals surface area contributed by atoms with Crippen LogP contribution < -0.4 is 16.6 Å². The molecule has 1 aromatic heterocycles. The summed E-state index contributed by atoms with van der Waals surface area (Å²) < 4.78 is 0. The predicted octanol–water partition coefficient (Wildman–Crippen LogP) is 2.17. The lowest BCUT2D eigenvalue weighted by Gasteiger charge is -2.15. The highest BCUT2D eigenvalue weighted by Gasteiger charge is 2.14. The van der Waals surface area contributed by atoms with E-state index in [2.05, 4.69) is 15.7 Å². The van der Waals surface area contributed by atoms with E-state index in [1.165, 1.54) is 5.56 Å². The fourth-order valence-corrected chi connectivity index (χ4v) is 1.92. The van der Waals surface area contributed by atoms with Gasteiger partial charge in [-0.25, -0.2) is 10.8 Å². The van der Waals surface area contributed by atoms with Crippen LogP contribution >= 0.6 is 0 Å². The highest BCUT2D eigenvalue weighted by atomic mass is 16.1. The van der Waals surface area contributed by atoms with E-state index in [9.17, 15) is 4.79 Å². The fraction of sp³-hybridized carbons (Fsp3) is 0.200. The Labute approximate surface area is 118 Å². The van der Waals surface area contributed by atoms with Crippen LogP contribution in [0.4, 0.5) is 5.82 Å². The number of carbonyl (C=O) groups is 1. The third-order valence-corrected chi connectivity index (χ3v) is 3.11. The topological polar surface area (TPSA) is 80.0 Å². The number of nitrogen functional groups attached to an aromatic ring is 1. The smallest absolute Gasteiger partial charge is 0.255 e. The lowest BCUT2D eigenvalue weighted by atomic mass is 10.1. The van der Waals surface area contributed by atoms with Crippen molar-refractivity contribution >= 4 is 11.7 Å². The van der Waals surface area contributed by atoms with Gasteiger partial charge in [0.15, 0.2) is 5.82 Å². The van der Waals surface area contributed by atoms with E-state index in [-0.39, 0.29) is 11.9 Å². The summed E-state index contributed by atoms with van der Waals surface area (Å²) in [4.78, 5) is 16.2. The number of hydrazine groups is 1. The molecule has 0 saturated carbocycles. The van der Waals surface area contributed by atoms with Crippen LogP contribution in [0.15, 0.2) is 42.6 Å². The molecule has 1 heterocycles. The van der Waals surface area contributed by atoms with Crippen LogP contribution in [0, 0.1) is 6.92 Å². The Hall–Kier alpha value is -2.40. The number of hydrogen-bond acceptors (Lipinski definition) is 4. The van der Waals surface area contributed by atoms with Crippen molar-refractivity contribution in [1.29, 1.82) is 0 Å². The van der Waals surface area contributed by atoms with Crippen LogP contribution in [-0.2, 0) is 0 Å². The lowest BCUT2D eigenvalue weighted by Crippen LogP contribution is -2.28. The average Bonchev–Trinajstić information content (AvgIpc) is 2.47. The second kappa shape index (κ2) is 6.16. The Bertz CT molecular complexity index is 595. The van der Waals surface area contributed by atoms with Gasteiger partial charge in [0.05, 0.1) is 11.6 Å². The van der Waals surface area contributed by atoms with Gasteiger partial charge in [0.2, 0.25) is 0 Å². The predicted molar refractivity (Wildman–Crippen MR) is 79.1 cm³/mol. The lowest BCUT2D eigenvalue weighted by molar-refractivity contribution is 0.0940. The molecular weight excluding hydrogens is 252 g/mol. The molecule has 1 atom stereocenters. The van der Waals surface area contributed by atoms with Gasteiger partial charge in [-0.1, -0.05) is 29.8 Å². The Morgan fingerprint density at radius 3 is 2.60 bits per heavy atom. The average molecular weight is 270 g/mol. The van der Waals surface area contributed by atoms with Crippen molar-refractivity contribution in [3.05, 3.63) is 59.3 Å². The summed E-state index contributed by atoms with van der Waals surface area (Å²) in [5.74, 6) is 5.51. The zero-order valence-electron chi connectivity index (χ0n) is 11.6. The first kappa shape index (κ1) is 14.0. The Morgan fingerprint density at radius 1 is 1.25 bits per heavy atom. The maximum Gasteiger partial charge on any atom is 0.255 e. The molecule has 104 valence electrons. The molecule has 0 radical (unpaired) electrons. The van der Waals surface area contributed by atoms with Crippen molar-refractivity contribution < 1.29 is 4.79 Å². The summed E-state index contributed by atoms with van der Waals surface area (Å²) in [7, 11) is 0. The van der Waals surface area contributed by atoms with Crippen molar-refractivity contribution in [2.24, 2.45) is 5.84 Å². The number of anilines is 1. The van der Waals surface area contributed by atoms with Crippen molar-refractivity contribution in [1.82, 2.24) is 10.3 Å². The number of amides is 1. The summed E-state index contributed by atoms with van der Waals surface area (Å²) >= 11 is 0. The molecule has 0 aliphatic carbocycles. The van der Waals surface area contributed by atoms with Crippen LogP contribution in [0.5, 0.6) is 0 Å². The van der Waals surface area contributed by atoms with Gasteiger partial charge in [0, 0.05) is 6.20 Å². The fourth-order valence-electron chi connectivity index (χ4n) is 1.92. The summed E-state index contributed by atoms with van der Waals surface area (Å²) in [6.45, 7) is 3.97. The van der Waals surface area contributed by atoms with Gasteiger partial charge in [-0.2, -0.15) is 0 Å². The minimum Gasteiger partial charge on any atom is -0.345 e. The van der Waals surface area contributed by atoms with Crippen molar-refractivity contribution in [3.63, 3.8) is 0 Å². The summed E-state index contributed by atoms with van der Waals surface area (Å²) in [5.41, 5.74) is 5.09. The van der Waals surface area contributed by atoms with Gasteiger partial charge in [-0.3, -0.25) is 4.79 Å². The van der Waals surface area contributed by atoms with Crippen LogP contribution in [0.2, 0.25) is 0 Å². The minimum atomic E-state index is -0.209. The minimum absolute atomic E-state index is 0.0890. The van der Waals surface area contributed by atoms with Gasteiger partial charge >= 0.3 is 0 Å². The third kappa shape index (κ3) is 3.13. The number of nitrogens with two attached hydrogens (primary N) is 1. The van der Waals surface area contributed by atoms with Crippen molar-refractivity contribution in [3.8, 4) is 0 Å². The van der Waals surface area contributed by atoms with E-state index >= 15 is 0 Å². The van der Waals surface area contributed by atoms with Crippen molar-refractivity contribution in [2.75, 3.05) is 5.43 Å². The molecule has 4 N–H and O–H groups in total. The molecule has 0 spiro atoms. The summed E-state index contributed by atoms with van der Waals surface area (Å²) in [5, 5.41) is 2.93. The first-order valence-electron chi connectivity index (χ1n) is 6.41. The number of benzene rings is 1. The molecule has 0 saturated heterocycles. The largest absolute Gasteiger partial charge is 0.345 e. The van der Waals surface area contributed by atoms with Crippen molar-refractivity contribution in [2.45, 2.75) is 19.9 Å². The maximum absolute atomic E-state index is 12.2. The number of nitrogens with zero attached hydrogens (tertiary/aromatic N) is 1. The number of hydrogen-bond donors (Lipinski definition) is 3. The number of nitrogens with one attached hydrogen (secondary N) is 2. The molecule has 0 aliphatic rings. The van der Waals surface area contributed by atoms with Gasteiger partial charge in [0.25, 0.3) is 5.91 Å². The second-order valence-corrected chi connectivity index (χ2v) is 4.65. The highest BCUT2D eigenvalue weighted by molar-refractivity contribution is 5.98. The van der Waals surface area contributed by atoms with Gasteiger partial charge in [0.1, 0.15) is 0 Å². The Morgan fingerprint density at radius 2 is 1.95 bits per heavy atom. The van der Waals surface area contributed by atoms with Crippen LogP contribution in [0.1, 0.15) is 34.5 Å². The molecule has 0 fully saturated rings. The molecule has 0 bridgehead atoms. The Kier molecular flexibility index (Phi) is 4.32. The molecule has 2 aromatic rings. The molecule has 5 nitrogen and oxygen atoms in total. The van der Waals surface area contributed by atoms with Crippen LogP contribution in [0.25, 0.3) is 0 Å². The van der Waals surface area contributed by atoms with E-state index in [1.54, 1.807) is 18.3 Å². The second-order valence-electron chi connectivity index (χ2n) is 4.65. The van der Waals surface area contributed by atoms with E-state index in [0.717, 1.165) is 5.56 Å². The quantitative estimate of drug-likeness (QED) is 0.587. The van der Waals surface area contributed by atoms with Crippen LogP contribution in [-0.4, -0.2) is 10.9 Å². The van der Waals surface area contributed by atoms with Gasteiger partial charge in [-0.15, -0.1) is 0 Å². The highest BCUT2D eigenvalue weighted by Crippen LogP contribution is 2.16. The molecule has 20 heavy (non-hydrogen) atoms. The van der Waals surface area contributed by atoms with Gasteiger partial charge in [-0.05, 0) is 31.5 Å². The maximum atomic E-state index is 12.2. The van der Waals surface area contributed by atoms with Gasteiger partial charge < -0.3 is 10.7 Å². The number of rotatable bonds is 4. The summed E-state index contributed by atoms with van der Waals surface area (Å²) in [6.07, 6.45) is 1.58. The Balaban J connectivity index is 2.13. The number of pyridine rings is 1. The molecule has 1 unspecified atom stereocenters. The van der Waals surface area contributed by atoms with Crippen LogP contribution in [0.3, 0.4) is 0 Å². The molecule has 1 aromatic carbocycles. The SMILES string of the molecule is Cc1ccc(C(C)NC(=O)c2cccnc2NN)cc1. The first-order valence-corrected chi connectivity index (χ1v) is 6.41. The monoisotopic (exact) mass is 270 g/mol. The first-order chi connectivity index (χ1) is 9.61. The third-order valence-electron chi connectivity index (χ3n) is 3.11. The molecular formula is C15H18N4O. The van der Waals surface area contributed by atoms with E-state index in [0.29, 0.717) is 11.4 Å². The molecule has 2 rings (SSSR count). The normalized spacial score (nSPS) is 11.8. The zero-order chi connectivity index (χ0) is 14.5. The molecule has 0 aliphatic heterocycles. The number of aryl methyl sites for hydroxylation is 1. The van der Waals surface area contributed by atoms with E-state index in [4.69, 9.17) is 5.84 Å². The standard InChI is InChI=1S/C15H18N4O/c1-10-5-7-12(8-6-10)11(2)18-15(20)13-4-3-9-17-14(13)19-16/h3-9,11H,16H2,1-2H3,(H,17,19)(H,18,20). The summed E-state index contributed by atoms with van der Waals surface area (Å²) in [6, 6.07) is 11.3.